The topological polar surface area (TPSA) is 89.5 Å². The fourth-order valence-corrected chi connectivity index (χ4v) is 6.36. The van der Waals surface area contributed by atoms with Crippen molar-refractivity contribution in [3.8, 4) is 11.5 Å². The lowest BCUT2D eigenvalue weighted by atomic mass is 9.58. The number of ether oxygens (including phenoxy) is 4. The Morgan fingerprint density at radius 1 is 1.35 bits per heavy atom. The Hall–Kier alpha value is -1.87. The molecule has 1 aromatic carbocycles. The van der Waals surface area contributed by atoms with Gasteiger partial charge in [-0.1, -0.05) is 6.07 Å². The zero-order valence-corrected chi connectivity index (χ0v) is 18.6. The van der Waals surface area contributed by atoms with Gasteiger partial charge >= 0.3 is 0 Å². The number of anilines is 1. The van der Waals surface area contributed by atoms with E-state index in [-0.39, 0.29) is 42.5 Å². The monoisotopic (exact) mass is 432 g/mol. The van der Waals surface area contributed by atoms with Crippen LogP contribution in [0.1, 0.15) is 25.3 Å². The summed E-state index contributed by atoms with van der Waals surface area (Å²) in [6.45, 7) is 3.55. The van der Waals surface area contributed by atoms with Crippen molar-refractivity contribution < 1.29 is 28.8 Å². The fourth-order valence-electron chi connectivity index (χ4n) is 6.36. The SMILES string of the molecule is COc1ccc2c(c1OC(CO)OC)NC1C3OC(C)C4C(=O)C21CCN(C)CCC34. The molecule has 3 heterocycles. The van der Waals surface area contributed by atoms with Crippen molar-refractivity contribution in [3.05, 3.63) is 17.7 Å². The highest BCUT2D eigenvalue weighted by molar-refractivity contribution is 6.00. The molecule has 31 heavy (non-hydrogen) atoms. The predicted octanol–water partition coefficient (Wildman–Crippen LogP) is 1.40. The van der Waals surface area contributed by atoms with Crippen molar-refractivity contribution in [1.29, 1.82) is 0 Å². The summed E-state index contributed by atoms with van der Waals surface area (Å²) in [4.78, 5) is 16.5. The number of aliphatic hydroxyl groups excluding tert-OH is 1. The normalized spacial score (nSPS) is 37.3. The number of carbonyl (C=O) groups excluding carboxylic acids is 1. The predicted molar refractivity (Wildman–Crippen MR) is 114 cm³/mol. The minimum absolute atomic E-state index is 0.0356. The maximum Gasteiger partial charge on any atom is 0.223 e. The van der Waals surface area contributed by atoms with Crippen molar-refractivity contribution >= 4 is 11.5 Å². The van der Waals surface area contributed by atoms with Gasteiger partial charge in [0.25, 0.3) is 0 Å². The molecule has 4 aliphatic rings. The smallest absolute Gasteiger partial charge is 0.223 e. The molecule has 2 saturated heterocycles. The minimum atomic E-state index is -0.832. The molecule has 1 aromatic rings. The van der Waals surface area contributed by atoms with Crippen LogP contribution in [-0.2, 0) is 19.7 Å². The number of aliphatic hydroxyl groups is 1. The summed E-state index contributed by atoms with van der Waals surface area (Å²) in [7, 11) is 5.19. The van der Waals surface area contributed by atoms with Crippen molar-refractivity contribution in [2.24, 2.45) is 11.8 Å². The molecule has 0 aromatic heterocycles. The quantitative estimate of drug-likeness (QED) is 0.675. The molecule has 1 aliphatic carbocycles. The van der Waals surface area contributed by atoms with Gasteiger partial charge in [0.05, 0.1) is 42.4 Å². The summed E-state index contributed by atoms with van der Waals surface area (Å²) in [5.74, 6) is 1.40. The average Bonchev–Trinajstić information content (AvgIpc) is 3.28. The number of ketones is 1. The molecule has 7 unspecified atom stereocenters. The van der Waals surface area contributed by atoms with E-state index in [1.54, 1.807) is 7.11 Å². The Bertz CT molecular complexity index is 874. The lowest BCUT2D eigenvalue weighted by molar-refractivity contribution is -0.133. The van der Waals surface area contributed by atoms with Crippen molar-refractivity contribution in [1.82, 2.24) is 4.90 Å². The minimum Gasteiger partial charge on any atom is -0.493 e. The molecule has 1 spiro atoms. The number of nitrogens with zero attached hydrogens (tertiary/aromatic N) is 1. The van der Waals surface area contributed by atoms with Crippen LogP contribution in [0, 0.1) is 11.8 Å². The number of Topliss-reactive ketones (excluding diaryl/α,β-unsaturated/α-hetero) is 1. The number of benzene rings is 1. The third-order valence-corrected chi connectivity index (χ3v) is 7.88. The Morgan fingerprint density at radius 3 is 2.87 bits per heavy atom. The van der Waals surface area contributed by atoms with Gasteiger partial charge in [0.1, 0.15) is 6.61 Å². The van der Waals surface area contributed by atoms with Gasteiger partial charge in [0, 0.05) is 13.0 Å². The molecule has 8 heteroatoms. The molecular formula is C23H32N2O6. The Labute approximate surface area is 182 Å². The number of rotatable bonds is 5. The molecule has 5 rings (SSSR count). The van der Waals surface area contributed by atoms with Crippen LogP contribution in [0.15, 0.2) is 12.1 Å². The second-order valence-corrected chi connectivity index (χ2v) is 9.28. The molecule has 7 atom stereocenters. The van der Waals surface area contributed by atoms with E-state index < -0.39 is 11.7 Å². The van der Waals surface area contributed by atoms with Crippen LogP contribution < -0.4 is 14.8 Å². The molecule has 1 saturated carbocycles. The second-order valence-electron chi connectivity index (χ2n) is 9.28. The lowest BCUT2D eigenvalue weighted by Gasteiger charge is -2.44. The van der Waals surface area contributed by atoms with Crippen LogP contribution in [0.2, 0.25) is 0 Å². The fraction of sp³-hybridized carbons (Fsp3) is 0.696. The number of hydrogen-bond acceptors (Lipinski definition) is 8. The van der Waals surface area contributed by atoms with Gasteiger partial charge in [0.2, 0.25) is 6.29 Å². The summed E-state index contributed by atoms with van der Waals surface area (Å²) in [6.07, 6.45) is 0.742. The van der Waals surface area contributed by atoms with Gasteiger partial charge in [-0.25, -0.2) is 0 Å². The zero-order valence-electron chi connectivity index (χ0n) is 18.6. The third-order valence-electron chi connectivity index (χ3n) is 7.88. The van der Waals surface area contributed by atoms with Crippen molar-refractivity contribution in [2.75, 3.05) is 46.3 Å². The summed E-state index contributed by atoms with van der Waals surface area (Å²) < 4.78 is 23.2. The third kappa shape index (κ3) is 2.85. The molecule has 3 fully saturated rings. The molecular weight excluding hydrogens is 400 g/mol. The van der Waals surface area contributed by atoms with Crippen LogP contribution in [0.5, 0.6) is 11.5 Å². The molecule has 2 N–H and O–H groups in total. The van der Waals surface area contributed by atoms with Gasteiger partial charge < -0.3 is 34.3 Å². The van der Waals surface area contributed by atoms with Gasteiger partial charge in [-0.3, -0.25) is 4.79 Å². The summed E-state index contributed by atoms with van der Waals surface area (Å²) in [5.41, 5.74) is 1.02. The molecule has 170 valence electrons. The van der Waals surface area contributed by atoms with E-state index in [0.29, 0.717) is 11.5 Å². The van der Waals surface area contributed by atoms with Gasteiger partial charge in [0.15, 0.2) is 17.3 Å². The maximum atomic E-state index is 14.2. The molecule has 4 bridgehead atoms. The highest BCUT2D eigenvalue weighted by Crippen LogP contribution is 2.60. The van der Waals surface area contributed by atoms with Gasteiger partial charge in [-0.15, -0.1) is 0 Å². The maximum absolute atomic E-state index is 14.2. The van der Waals surface area contributed by atoms with E-state index in [1.807, 2.05) is 19.1 Å². The summed E-state index contributed by atoms with van der Waals surface area (Å²) in [5, 5.41) is 13.2. The first-order valence-corrected chi connectivity index (χ1v) is 11.1. The number of methoxy groups -OCH3 is 2. The van der Waals surface area contributed by atoms with E-state index >= 15 is 0 Å². The van der Waals surface area contributed by atoms with E-state index in [0.717, 1.165) is 37.2 Å². The Balaban J connectivity index is 1.68. The standard InChI is InChI=1S/C23H32N2O6/c1-12-17-13-7-9-25(2)10-8-23(22(17)27)14-5-6-15(28-3)20(31-16(11-26)29-4)18(14)24-21(23)19(13)30-12/h5-6,12-13,16-17,19,21,24,26H,7-11H2,1-4H3. The highest BCUT2D eigenvalue weighted by Gasteiger charge is 2.68. The molecule has 0 radical (unpaired) electrons. The molecule has 8 nitrogen and oxygen atoms in total. The van der Waals surface area contributed by atoms with Crippen LogP contribution in [0.4, 0.5) is 5.69 Å². The molecule has 3 aliphatic heterocycles. The van der Waals surface area contributed by atoms with E-state index in [4.69, 9.17) is 18.9 Å². The number of carbonyl (C=O) groups is 1. The molecule has 0 amide bonds. The van der Waals surface area contributed by atoms with Gasteiger partial charge in [-0.05, 0) is 51.5 Å². The number of nitrogens with one attached hydrogen (secondary N) is 1. The lowest BCUT2D eigenvalue weighted by Crippen LogP contribution is -2.60. The summed E-state index contributed by atoms with van der Waals surface area (Å²) >= 11 is 0. The Morgan fingerprint density at radius 2 is 2.16 bits per heavy atom. The van der Waals surface area contributed by atoms with Crippen LogP contribution in [-0.4, -0.2) is 81.3 Å². The van der Waals surface area contributed by atoms with E-state index in [2.05, 4.69) is 17.3 Å². The zero-order chi connectivity index (χ0) is 21.9. The number of hydrogen-bond donors (Lipinski definition) is 2. The highest BCUT2D eigenvalue weighted by atomic mass is 16.7. The van der Waals surface area contributed by atoms with Crippen LogP contribution in [0.25, 0.3) is 0 Å². The van der Waals surface area contributed by atoms with E-state index in [1.165, 1.54) is 7.11 Å². The Kier molecular flexibility index (Phi) is 5.16. The van der Waals surface area contributed by atoms with Crippen molar-refractivity contribution in [2.45, 2.75) is 49.7 Å². The average molecular weight is 433 g/mol. The first-order valence-electron chi connectivity index (χ1n) is 11.1. The van der Waals surface area contributed by atoms with E-state index in [9.17, 15) is 9.90 Å². The first-order chi connectivity index (χ1) is 15.0. The van der Waals surface area contributed by atoms with Crippen LogP contribution >= 0.6 is 0 Å². The summed E-state index contributed by atoms with van der Waals surface area (Å²) in [6, 6.07) is 3.69. The van der Waals surface area contributed by atoms with Crippen molar-refractivity contribution in [3.63, 3.8) is 0 Å². The first kappa shape index (κ1) is 21.0. The largest absolute Gasteiger partial charge is 0.493 e. The van der Waals surface area contributed by atoms with Crippen LogP contribution in [0.3, 0.4) is 0 Å². The number of fused-ring (bicyclic) bond motifs is 2. The van der Waals surface area contributed by atoms with Gasteiger partial charge in [-0.2, -0.15) is 0 Å². The second kappa shape index (κ2) is 7.62.